The van der Waals surface area contributed by atoms with Crippen LogP contribution in [0.15, 0.2) is 0 Å². The Labute approximate surface area is 153 Å². The Kier molecular flexibility index (Phi) is 1.95. The molecule has 6 aliphatic carbocycles. The summed E-state index contributed by atoms with van der Waals surface area (Å²) in [6.45, 7) is 4.53. The second kappa shape index (κ2) is 3.63. The standard InChI is InChI=1S/C22H26O4/c1-21-15-7-3-5-10-12(7)18-13(15)14-16(22(18,2)20(24)26-10)8-4-6-9(25-19(21)23)11(8)17(14)21/h7-18H,3-6H2,1-2H3/t7-,8-,9-,10+,11+,12+,13-,14-,15+,16+,17-,18-,21-,22-/m1/s1. The van der Waals surface area contributed by atoms with Crippen molar-refractivity contribution < 1.29 is 19.1 Å². The van der Waals surface area contributed by atoms with Crippen molar-refractivity contribution in [1.82, 2.24) is 0 Å². The monoisotopic (exact) mass is 354 g/mol. The lowest BCUT2D eigenvalue weighted by Gasteiger charge is -2.47. The van der Waals surface area contributed by atoms with Crippen LogP contribution in [0.25, 0.3) is 0 Å². The Morgan fingerprint density at radius 3 is 1.50 bits per heavy atom. The van der Waals surface area contributed by atoms with E-state index in [9.17, 15) is 9.59 Å². The maximum absolute atomic E-state index is 13.4. The molecule has 2 aliphatic heterocycles. The highest BCUT2D eigenvalue weighted by molar-refractivity contribution is 5.83. The molecule has 0 amide bonds. The van der Waals surface area contributed by atoms with Crippen molar-refractivity contribution in [2.24, 2.45) is 70.0 Å². The van der Waals surface area contributed by atoms with E-state index in [-0.39, 0.29) is 35.0 Å². The summed E-state index contributed by atoms with van der Waals surface area (Å²) in [6, 6.07) is 0. The van der Waals surface area contributed by atoms with Crippen molar-refractivity contribution in [1.29, 1.82) is 0 Å². The van der Waals surface area contributed by atoms with Crippen LogP contribution >= 0.6 is 0 Å². The van der Waals surface area contributed by atoms with Crippen molar-refractivity contribution in [3.63, 3.8) is 0 Å². The van der Waals surface area contributed by atoms with Gasteiger partial charge in [0.2, 0.25) is 0 Å². The van der Waals surface area contributed by atoms with E-state index >= 15 is 0 Å². The van der Waals surface area contributed by atoms with Crippen LogP contribution in [0.2, 0.25) is 0 Å². The normalized spacial score (nSPS) is 72.7. The summed E-state index contributed by atoms with van der Waals surface area (Å²) in [5.41, 5.74) is -0.593. The first-order valence-corrected chi connectivity index (χ1v) is 10.9. The Morgan fingerprint density at radius 2 is 1.08 bits per heavy atom. The van der Waals surface area contributed by atoms with E-state index in [1.807, 2.05) is 0 Å². The van der Waals surface area contributed by atoms with Crippen molar-refractivity contribution in [3.05, 3.63) is 0 Å². The predicted molar refractivity (Wildman–Crippen MR) is 89.3 cm³/mol. The van der Waals surface area contributed by atoms with Crippen molar-refractivity contribution in [2.45, 2.75) is 51.7 Å². The third-order valence-electron chi connectivity index (χ3n) is 11.4. The van der Waals surface area contributed by atoms with Crippen molar-refractivity contribution in [2.75, 3.05) is 0 Å². The number of esters is 2. The highest BCUT2D eigenvalue weighted by atomic mass is 16.6. The Morgan fingerprint density at radius 1 is 0.654 bits per heavy atom. The van der Waals surface area contributed by atoms with Crippen LogP contribution in [0.1, 0.15) is 39.5 Å². The highest BCUT2D eigenvalue weighted by Crippen LogP contribution is 2.86. The van der Waals surface area contributed by atoms with Gasteiger partial charge in [0.15, 0.2) is 0 Å². The zero-order valence-electron chi connectivity index (χ0n) is 15.4. The maximum Gasteiger partial charge on any atom is 0.312 e. The molecule has 2 saturated heterocycles. The number of ether oxygens (including phenoxy) is 2. The van der Waals surface area contributed by atoms with Gasteiger partial charge >= 0.3 is 11.9 Å². The molecule has 0 bridgehead atoms. The summed E-state index contributed by atoms with van der Waals surface area (Å²) in [5.74, 6) is 5.35. The average Bonchev–Trinajstić information content (AvgIpc) is 3.34. The van der Waals surface area contributed by atoms with Crippen LogP contribution in [0.5, 0.6) is 0 Å². The molecule has 8 aliphatic rings. The Balaban J connectivity index is 1.45. The molecular weight excluding hydrogens is 328 g/mol. The zero-order chi connectivity index (χ0) is 17.3. The molecule has 0 unspecified atom stereocenters. The second-order valence-corrected chi connectivity index (χ2v) is 11.3. The fraction of sp³-hybridized carbons (Fsp3) is 0.909. The molecule has 4 nitrogen and oxygen atoms in total. The molecule has 138 valence electrons. The van der Waals surface area contributed by atoms with E-state index in [4.69, 9.17) is 9.47 Å². The van der Waals surface area contributed by atoms with Gasteiger partial charge in [0.25, 0.3) is 0 Å². The van der Waals surface area contributed by atoms with Crippen molar-refractivity contribution >= 4 is 11.9 Å². The molecule has 8 rings (SSSR count). The zero-order valence-corrected chi connectivity index (χ0v) is 15.4. The fourth-order valence-corrected chi connectivity index (χ4v) is 11.4. The lowest BCUT2D eigenvalue weighted by molar-refractivity contribution is -0.189. The van der Waals surface area contributed by atoms with Gasteiger partial charge < -0.3 is 9.47 Å². The smallest absolute Gasteiger partial charge is 0.312 e. The van der Waals surface area contributed by atoms with E-state index < -0.39 is 0 Å². The lowest BCUT2D eigenvalue weighted by Crippen LogP contribution is -2.53. The molecule has 0 aromatic heterocycles. The largest absolute Gasteiger partial charge is 0.462 e. The molecule has 0 aromatic rings. The van der Waals surface area contributed by atoms with Crippen LogP contribution in [0.4, 0.5) is 0 Å². The van der Waals surface area contributed by atoms with E-state index in [0.29, 0.717) is 59.2 Å². The molecule has 8 fully saturated rings. The minimum atomic E-state index is -0.297. The fourth-order valence-electron chi connectivity index (χ4n) is 11.4. The topological polar surface area (TPSA) is 52.6 Å². The number of hydrogen-bond donors (Lipinski definition) is 0. The predicted octanol–water partition coefficient (Wildman–Crippen LogP) is 2.65. The van der Waals surface area contributed by atoms with E-state index in [1.54, 1.807) is 0 Å². The number of rotatable bonds is 0. The molecule has 26 heavy (non-hydrogen) atoms. The van der Waals surface area contributed by atoms with Gasteiger partial charge in [0.05, 0.1) is 10.8 Å². The Hall–Kier alpha value is -1.06. The van der Waals surface area contributed by atoms with Crippen LogP contribution < -0.4 is 0 Å². The van der Waals surface area contributed by atoms with Crippen LogP contribution in [-0.2, 0) is 19.1 Å². The summed E-state index contributed by atoms with van der Waals surface area (Å²) in [6.07, 6.45) is 4.56. The molecule has 2 heterocycles. The summed E-state index contributed by atoms with van der Waals surface area (Å²) < 4.78 is 12.3. The van der Waals surface area contributed by atoms with Gasteiger partial charge in [-0.15, -0.1) is 0 Å². The first-order valence-electron chi connectivity index (χ1n) is 10.9. The molecule has 0 aromatic carbocycles. The summed E-state index contributed by atoms with van der Waals surface area (Å²) in [5, 5.41) is 0. The maximum atomic E-state index is 13.4. The summed E-state index contributed by atoms with van der Waals surface area (Å²) in [4.78, 5) is 26.7. The van der Waals surface area contributed by atoms with Crippen LogP contribution in [-0.4, -0.2) is 24.1 Å². The lowest BCUT2D eigenvalue weighted by atomic mass is 9.61. The van der Waals surface area contributed by atoms with Gasteiger partial charge in [-0.1, -0.05) is 0 Å². The van der Waals surface area contributed by atoms with Crippen LogP contribution in [0, 0.1) is 70.0 Å². The molecule has 6 saturated carbocycles. The van der Waals surface area contributed by atoms with E-state index in [0.717, 1.165) is 25.7 Å². The molecule has 0 radical (unpaired) electrons. The molecule has 0 spiro atoms. The third kappa shape index (κ3) is 1.00. The van der Waals surface area contributed by atoms with E-state index in [2.05, 4.69) is 13.8 Å². The minimum absolute atomic E-state index is 0.112. The first kappa shape index (κ1) is 14.0. The summed E-state index contributed by atoms with van der Waals surface area (Å²) in [7, 11) is 0. The van der Waals surface area contributed by atoms with Crippen molar-refractivity contribution in [3.8, 4) is 0 Å². The third-order valence-corrected chi connectivity index (χ3v) is 11.4. The second-order valence-electron chi connectivity index (χ2n) is 11.3. The number of hydrogen-bond acceptors (Lipinski definition) is 4. The number of carbonyl (C=O) groups is 2. The van der Waals surface area contributed by atoms with Gasteiger partial charge in [0.1, 0.15) is 12.2 Å². The molecular formula is C22H26O4. The van der Waals surface area contributed by atoms with Gasteiger partial charge in [-0.05, 0) is 86.9 Å². The first-order chi connectivity index (χ1) is 12.5. The average molecular weight is 354 g/mol. The van der Waals surface area contributed by atoms with Gasteiger partial charge in [0, 0.05) is 11.8 Å². The summed E-state index contributed by atoms with van der Waals surface area (Å²) >= 11 is 0. The molecule has 14 atom stereocenters. The SMILES string of the molecule is C[C@]12C(=O)O[C@H]3CC[C@@H]4[C@@H]3[C@@H]1[C@@H]1[C@H]3[C@H]5[C@H]6[C@@H](CC[C@H]6OC(=O)[C@]5(C)[C@@H]41)[C@@H]32. The molecule has 0 N–H and O–H groups in total. The van der Waals surface area contributed by atoms with E-state index in [1.165, 1.54) is 0 Å². The number of fused-ring (bicyclic) bond motifs is 4. The highest BCUT2D eigenvalue weighted by Gasteiger charge is 2.88. The van der Waals surface area contributed by atoms with Gasteiger partial charge in [-0.3, -0.25) is 9.59 Å². The van der Waals surface area contributed by atoms with Gasteiger partial charge in [-0.25, -0.2) is 0 Å². The Bertz CT molecular complexity index is 740. The van der Waals surface area contributed by atoms with Gasteiger partial charge in [-0.2, -0.15) is 0 Å². The quantitative estimate of drug-likeness (QED) is 0.628. The van der Waals surface area contributed by atoms with Crippen LogP contribution in [0.3, 0.4) is 0 Å². The molecule has 4 heteroatoms. The number of carbonyl (C=O) groups excluding carboxylic acids is 2. The minimum Gasteiger partial charge on any atom is -0.462 e.